The molecule has 0 aliphatic carbocycles. The fourth-order valence-corrected chi connectivity index (χ4v) is 5.85. The summed E-state index contributed by atoms with van der Waals surface area (Å²) in [7, 11) is 0. The molecular weight excluding hydrogens is 638 g/mol. The van der Waals surface area contributed by atoms with Gasteiger partial charge in [-0.3, -0.25) is 4.90 Å². The van der Waals surface area contributed by atoms with Crippen molar-refractivity contribution >= 4 is 17.7 Å². The molecule has 0 atom stereocenters. The van der Waals surface area contributed by atoms with E-state index < -0.39 is 41.3 Å². The summed E-state index contributed by atoms with van der Waals surface area (Å²) in [5, 5.41) is 0.627. The van der Waals surface area contributed by atoms with Crippen molar-refractivity contribution < 1.29 is 45.3 Å². The molecule has 5 rings (SSSR count). The lowest BCUT2D eigenvalue weighted by Gasteiger charge is -2.37. The van der Waals surface area contributed by atoms with Crippen molar-refractivity contribution in [2.24, 2.45) is 0 Å². The predicted molar refractivity (Wildman–Crippen MR) is 158 cm³/mol. The van der Waals surface area contributed by atoms with Gasteiger partial charge in [0.25, 0.3) is 0 Å². The molecule has 0 unspecified atom stereocenters. The molecular formula is C33H33ClF6N2O4. The highest BCUT2D eigenvalue weighted by atomic mass is 35.5. The number of halogens is 7. The predicted octanol–water partition coefficient (Wildman–Crippen LogP) is 8.33. The molecule has 13 heteroatoms. The van der Waals surface area contributed by atoms with E-state index in [-0.39, 0.29) is 24.5 Å². The number of likely N-dealkylation sites (tertiary alicyclic amines) is 1. The number of rotatable bonds is 11. The minimum Gasteiger partial charge on any atom is -0.441 e. The van der Waals surface area contributed by atoms with Gasteiger partial charge in [-0.05, 0) is 59.5 Å². The van der Waals surface area contributed by atoms with Crippen molar-refractivity contribution in [1.82, 2.24) is 9.80 Å². The second kappa shape index (κ2) is 14.2. The monoisotopic (exact) mass is 670 g/mol. The number of benzene rings is 3. The average Bonchev–Trinajstić information content (AvgIpc) is 3.32. The van der Waals surface area contributed by atoms with Gasteiger partial charge in [-0.1, -0.05) is 48.0 Å². The maximum absolute atomic E-state index is 13.4. The number of carbonyl (C=O) groups is 1. The minimum atomic E-state index is -4.62. The van der Waals surface area contributed by atoms with Gasteiger partial charge in [0.1, 0.15) is 18.4 Å². The fraction of sp³-hybridized carbons (Fsp3) is 0.424. The van der Waals surface area contributed by atoms with Gasteiger partial charge in [0.2, 0.25) is 0 Å². The van der Waals surface area contributed by atoms with Crippen LogP contribution in [0.15, 0.2) is 72.8 Å². The van der Waals surface area contributed by atoms with Gasteiger partial charge >= 0.3 is 18.4 Å². The fourth-order valence-electron chi connectivity index (χ4n) is 5.72. The van der Waals surface area contributed by atoms with E-state index >= 15 is 0 Å². The molecule has 0 saturated carbocycles. The summed E-state index contributed by atoms with van der Waals surface area (Å²) >= 11 is 5.91. The summed E-state index contributed by atoms with van der Waals surface area (Å²) in [6.07, 6.45) is -9.06. The lowest BCUT2D eigenvalue weighted by Crippen LogP contribution is -2.47. The highest BCUT2D eigenvalue weighted by molar-refractivity contribution is 6.30. The molecule has 3 aromatic rings. The van der Waals surface area contributed by atoms with Gasteiger partial charge in [0.15, 0.2) is 0 Å². The highest BCUT2D eigenvalue weighted by Gasteiger charge is 2.47. The van der Waals surface area contributed by atoms with E-state index in [1.807, 2.05) is 12.1 Å². The molecule has 2 aliphatic heterocycles. The number of hydrogen-bond donors (Lipinski definition) is 0. The molecule has 3 aromatic carbocycles. The standard InChI is InChI=1S/C33H33ClF6N2O4/c34-28-10-8-23(9-11-28)20-44-22-42-21-31(46-30(42)43)12-15-41(16-13-31)14-3-17-45-29(24-4-1-6-26(18-24)32(35,36)37)25-5-2-7-27(19-25)33(38,39)40/h1-2,4-11,18-19,29H,3,12-17,20-22H2. The maximum atomic E-state index is 13.4. The number of ether oxygens (including phenoxy) is 3. The summed E-state index contributed by atoms with van der Waals surface area (Å²) in [6.45, 7) is 2.84. The molecule has 0 N–H and O–H groups in total. The Hall–Kier alpha value is -3.32. The average molecular weight is 671 g/mol. The van der Waals surface area contributed by atoms with Crippen molar-refractivity contribution in [3.05, 3.63) is 106 Å². The van der Waals surface area contributed by atoms with Crippen molar-refractivity contribution in [2.75, 3.05) is 39.5 Å². The van der Waals surface area contributed by atoms with Crippen molar-refractivity contribution in [2.45, 2.75) is 49.9 Å². The smallest absolute Gasteiger partial charge is 0.416 e. The van der Waals surface area contributed by atoms with Crippen LogP contribution in [-0.2, 0) is 33.2 Å². The molecule has 0 radical (unpaired) electrons. The first kappa shape index (κ1) is 34.0. The summed E-state index contributed by atoms with van der Waals surface area (Å²) < 4.78 is 97.9. The van der Waals surface area contributed by atoms with Crippen LogP contribution < -0.4 is 0 Å². The lowest BCUT2D eigenvalue weighted by molar-refractivity contribution is -0.138. The van der Waals surface area contributed by atoms with Crippen LogP contribution in [0.1, 0.15) is 53.2 Å². The van der Waals surface area contributed by atoms with E-state index in [0.717, 1.165) is 29.8 Å². The van der Waals surface area contributed by atoms with E-state index in [0.29, 0.717) is 57.1 Å². The van der Waals surface area contributed by atoms with Crippen LogP contribution in [0.5, 0.6) is 0 Å². The SMILES string of the molecule is O=C1OC2(CCN(CCCOC(c3cccc(C(F)(F)F)c3)c3cccc(C(F)(F)F)c3)CC2)CN1COCc1ccc(Cl)cc1. The third kappa shape index (κ3) is 8.72. The third-order valence-corrected chi connectivity index (χ3v) is 8.43. The van der Waals surface area contributed by atoms with E-state index in [4.69, 9.17) is 25.8 Å². The number of alkyl halides is 6. The highest BCUT2D eigenvalue weighted by Crippen LogP contribution is 2.37. The first-order valence-electron chi connectivity index (χ1n) is 14.8. The van der Waals surface area contributed by atoms with E-state index in [2.05, 4.69) is 4.90 Å². The molecule has 2 heterocycles. The van der Waals surface area contributed by atoms with Crippen LogP contribution in [0.2, 0.25) is 5.02 Å². The second-order valence-corrected chi connectivity index (χ2v) is 12.0. The molecule has 1 spiro atoms. The Bertz CT molecular complexity index is 1420. The second-order valence-electron chi connectivity index (χ2n) is 11.5. The van der Waals surface area contributed by atoms with Crippen LogP contribution >= 0.6 is 11.6 Å². The van der Waals surface area contributed by atoms with Crippen LogP contribution in [0.3, 0.4) is 0 Å². The largest absolute Gasteiger partial charge is 0.441 e. The first-order chi connectivity index (χ1) is 21.8. The van der Waals surface area contributed by atoms with Crippen LogP contribution in [0.4, 0.5) is 31.1 Å². The Morgan fingerprint density at radius 3 is 2.02 bits per heavy atom. The summed E-state index contributed by atoms with van der Waals surface area (Å²) in [5.74, 6) is 0. The zero-order valence-corrected chi connectivity index (χ0v) is 25.5. The van der Waals surface area contributed by atoms with Gasteiger partial charge in [0.05, 0.1) is 24.3 Å². The normalized spacial score (nSPS) is 17.2. The molecule has 2 saturated heterocycles. The third-order valence-electron chi connectivity index (χ3n) is 8.17. The Balaban J connectivity index is 1.13. The van der Waals surface area contributed by atoms with Crippen LogP contribution in [0, 0.1) is 0 Å². The van der Waals surface area contributed by atoms with Gasteiger partial charge in [-0.2, -0.15) is 26.3 Å². The summed E-state index contributed by atoms with van der Waals surface area (Å²) in [5.41, 5.74) is -1.27. The number of amides is 1. The Kier molecular flexibility index (Phi) is 10.5. The van der Waals surface area contributed by atoms with E-state index in [9.17, 15) is 31.1 Å². The molecule has 1 amide bonds. The van der Waals surface area contributed by atoms with Crippen molar-refractivity contribution in [3.63, 3.8) is 0 Å². The van der Waals surface area contributed by atoms with E-state index in [1.165, 1.54) is 24.3 Å². The topological polar surface area (TPSA) is 51.2 Å². The quantitative estimate of drug-likeness (QED) is 0.152. The molecule has 248 valence electrons. The van der Waals surface area contributed by atoms with Gasteiger partial charge in [-0.25, -0.2) is 4.79 Å². The Morgan fingerprint density at radius 2 is 1.46 bits per heavy atom. The zero-order valence-electron chi connectivity index (χ0n) is 24.7. The van der Waals surface area contributed by atoms with E-state index in [1.54, 1.807) is 17.0 Å². The molecule has 0 bridgehead atoms. The van der Waals surface area contributed by atoms with Gasteiger partial charge in [-0.15, -0.1) is 0 Å². The summed E-state index contributed by atoms with van der Waals surface area (Å²) in [4.78, 5) is 16.2. The molecule has 2 aliphatic rings. The van der Waals surface area contributed by atoms with Gasteiger partial charge < -0.3 is 19.1 Å². The van der Waals surface area contributed by atoms with Crippen LogP contribution in [-0.4, -0.2) is 61.0 Å². The molecule has 46 heavy (non-hydrogen) atoms. The Morgan fingerprint density at radius 1 is 0.870 bits per heavy atom. The van der Waals surface area contributed by atoms with Gasteiger partial charge in [0, 0.05) is 44.1 Å². The number of carbonyl (C=O) groups excluding carboxylic acids is 1. The first-order valence-corrected chi connectivity index (χ1v) is 15.2. The number of nitrogens with zero attached hydrogens (tertiary/aromatic N) is 2. The lowest BCUT2D eigenvalue weighted by atomic mass is 9.91. The van der Waals surface area contributed by atoms with Crippen molar-refractivity contribution in [3.8, 4) is 0 Å². The zero-order chi connectivity index (χ0) is 33.0. The molecule has 2 fully saturated rings. The minimum absolute atomic E-state index is 0.100. The summed E-state index contributed by atoms with van der Waals surface area (Å²) in [6, 6.07) is 16.1. The van der Waals surface area contributed by atoms with Crippen LogP contribution in [0.25, 0.3) is 0 Å². The van der Waals surface area contributed by atoms with Crippen molar-refractivity contribution in [1.29, 1.82) is 0 Å². The molecule has 0 aromatic heterocycles. The molecule has 6 nitrogen and oxygen atoms in total. The maximum Gasteiger partial charge on any atom is 0.416 e. The number of hydrogen-bond acceptors (Lipinski definition) is 5. The number of piperidine rings is 1. The Labute approximate surface area is 267 Å².